The van der Waals surface area contributed by atoms with Crippen LogP contribution >= 0.6 is 0 Å². The first-order chi connectivity index (χ1) is 17.8. The highest BCUT2D eigenvalue weighted by molar-refractivity contribution is 5.96. The fourth-order valence-electron chi connectivity index (χ4n) is 3.44. The predicted octanol–water partition coefficient (Wildman–Crippen LogP) is 1.24. The molecule has 0 saturated carbocycles. The van der Waals surface area contributed by atoms with Gasteiger partial charge >= 0.3 is 5.97 Å². The molecule has 1 atom stereocenters. The highest BCUT2D eigenvalue weighted by atomic mass is 16.5. The van der Waals surface area contributed by atoms with Gasteiger partial charge in [-0.3, -0.25) is 19.2 Å². The van der Waals surface area contributed by atoms with Crippen LogP contribution in [0.15, 0.2) is 42.5 Å². The summed E-state index contributed by atoms with van der Waals surface area (Å²) in [7, 11) is 5.62. The minimum Gasteiger partial charge on any atom is -0.493 e. The quantitative estimate of drug-likeness (QED) is 0.319. The van der Waals surface area contributed by atoms with Gasteiger partial charge in [-0.2, -0.15) is 0 Å². The first-order valence-electron chi connectivity index (χ1n) is 11.6. The molecule has 3 amide bonds. The molecule has 2 aromatic rings. The normalized spacial score (nSPS) is 11.0. The van der Waals surface area contributed by atoms with E-state index < -0.39 is 29.7 Å². The van der Waals surface area contributed by atoms with Crippen molar-refractivity contribution in [1.82, 2.24) is 16.0 Å². The Morgan fingerprint density at radius 1 is 0.811 bits per heavy atom. The van der Waals surface area contributed by atoms with E-state index in [9.17, 15) is 19.2 Å². The van der Waals surface area contributed by atoms with Gasteiger partial charge < -0.3 is 34.9 Å². The second-order valence-electron chi connectivity index (χ2n) is 7.85. The number of hydrogen-bond acceptors (Lipinski definition) is 8. The summed E-state index contributed by atoms with van der Waals surface area (Å²) in [6.07, 6.45) is 0.215. The Balaban J connectivity index is 1.97. The van der Waals surface area contributed by atoms with Crippen molar-refractivity contribution in [2.75, 3.05) is 41.5 Å². The Labute approximate surface area is 215 Å². The van der Waals surface area contributed by atoms with Gasteiger partial charge in [0.25, 0.3) is 5.91 Å². The lowest BCUT2D eigenvalue weighted by atomic mass is 10.0. The third-order valence-corrected chi connectivity index (χ3v) is 5.35. The van der Waals surface area contributed by atoms with Crippen molar-refractivity contribution in [3.05, 3.63) is 53.6 Å². The van der Waals surface area contributed by atoms with E-state index in [0.29, 0.717) is 17.2 Å². The lowest BCUT2D eigenvalue weighted by Crippen LogP contribution is -2.49. The molecule has 0 heterocycles. The standard InChI is InChI=1S/C26H33N3O8/c1-34-20-15-18(16-21(35-2)24(20)37-4)25(32)27-12-10-22(30)29-19(14-17-8-6-5-7-9-17)26(33)28-13-11-23(31)36-3/h5-9,15-16,19H,10-14H2,1-4H3,(H,27,32)(H,28,33)(H,29,30)/t19-/m1/s1. The third kappa shape index (κ3) is 9.02. The maximum Gasteiger partial charge on any atom is 0.307 e. The zero-order valence-corrected chi connectivity index (χ0v) is 21.4. The number of esters is 1. The number of carbonyl (C=O) groups excluding carboxylic acids is 4. The molecule has 0 aromatic heterocycles. The van der Waals surface area contributed by atoms with Crippen molar-refractivity contribution >= 4 is 23.7 Å². The van der Waals surface area contributed by atoms with Crippen LogP contribution in [0.4, 0.5) is 0 Å². The van der Waals surface area contributed by atoms with E-state index in [4.69, 9.17) is 14.2 Å². The SMILES string of the molecule is COC(=O)CCNC(=O)[C@@H](Cc1ccccc1)NC(=O)CCNC(=O)c1cc(OC)c(OC)c(OC)c1. The molecule has 0 aliphatic rings. The van der Waals surface area contributed by atoms with Crippen LogP contribution in [-0.4, -0.2) is 71.3 Å². The molecule has 0 bridgehead atoms. The van der Waals surface area contributed by atoms with Gasteiger partial charge in [-0.05, 0) is 17.7 Å². The van der Waals surface area contributed by atoms with Crippen molar-refractivity contribution < 1.29 is 38.1 Å². The Morgan fingerprint density at radius 2 is 1.43 bits per heavy atom. The van der Waals surface area contributed by atoms with E-state index in [1.165, 1.54) is 40.6 Å². The fraction of sp³-hybridized carbons (Fsp3) is 0.385. The summed E-state index contributed by atoms with van der Waals surface area (Å²) in [5, 5.41) is 8.02. The van der Waals surface area contributed by atoms with Crippen molar-refractivity contribution in [3.8, 4) is 17.2 Å². The molecule has 0 aliphatic carbocycles. The minimum absolute atomic E-state index is 0.0151. The summed E-state index contributed by atoms with van der Waals surface area (Å²) in [5.41, 5.74) is 1.12. The minimum atomic E-state index is -0.863. The van der Waals surface area contributed by atoms with Crippen molar-refractivity contribution in [2.45, 2.75) is 25.3 Å². The van der Waals surface area contributed by atoms with E-state index in [0.717, 1.165) is 5.56 Å². The Morgan fingerprint density at radius 3 is 2.00 bits per heavy atom. The van der Waals surface area contributed by atoms with Crippen LogP contribution in [0.1, 0.15) is 28.8 Å². The first kappa shape index (κ1) is 29.0. The van der Waals surface area contributed by atoms with Gasteiger partial charge in [-0.1, -0.05) is 30.3 Å². The van der Waals surface area contributed by atoms with Gasteiger partial charge in [0, 0.05) is 31.5 Å². The van der Waals surface area contributed by atoms with Crippen molar-refractivity contribution in [3.63, 3.8) is 0 Å². The van der Waals surface area contributed by atoms with Crippen LogP contribution in [0, 0.1) is 0 Å². The van der Waals surface area contributed by atoms with E-state index in [2.05, 4.69) is 20.7 Å². The van der Waals surface area contributed by atoms with Gasteiger partial charge in [-0.25, -0.2) is 0 Å². The molecule has 3 N–H and O–H groups in total. The van der Waals surface area contributed by atoms with Crippen LogP contribution in [-0.2, 0) is 25.5 Å². The number of benzene rings is 2. The first-order valence-corrected chi connectivity index (χ1v) is 11.6. The monoisotopic (exact) mass is 515 g/mol. The molecule has 2 rings (SSSR count). The lowest BCUT2D eigenvalue weighted by molar-refractivity contribution is -0.140. The molecule has 0 radical (unpaired) electrons. The number of hydrogen-bond donors (Lipinski definition) is 3. The predicted molar refractivity (Wildman–Crippen MR) is 135 cm³/mol. The maximum atomic E-state index is 12.7. The van der Waals surface area contributed by atoms with Crippen LogP contribution < -0.4 is 30.2 Å². The Hall–Kier alpha value is -4.28. The second-order valence-corrected chi connectivity index (χ2v) is 7.85. The van der Waals surface area contributed by atoms with Gasteiger partial charge in [0.05, 0.1) is 34.9 Å². The van der Waals surface area contributed by atoms with Gasteiger partial charge in [0.2, 0.25) is 17.6 Å². The average molecular weight is 516 g/mol. The van der Waals surface area contributed by atoms with Gasteiger partial charge in [0.1, 0.15) is 6.04 Å². The molecule has 0 saturated heterocycles. The molecule has 2 aromatic carbocycles. The molecule has 37 heavy (non-hydrogen) atoms. The molecule has 200 valence electrons. The smallest absolute Gasteiger partial charge is 0.307 e. The van der Waals surface area contributed by atoms with Crippen LogP contribution in [0.2, 0.25) is 0 Å². The average Bonchev–Trinajstić information content (AvgIpc) is 2.91. The molecular formula is C26H33N3O8. The van der Waals surface area contributed by atoms with Gasteiger partial charge in [-0.15, -0.1) is 0 Å². The van der Waals surface area contributed by atoms with Crippen LogP contribution in [0.5, 0.6) is 17.2 Å². The highest BCUT2D eigenvalue weighted by Gasteiger charge is 2.22. The number of carbonyl (C=O) groups is 4. The van der Waals surface area contributed by atoms with E-state index in [-0.39, 0.29) is 37.9 Å². The Bertz CT molecular complexity index is 1050. The summed E-state index contributed by atoms with van der Waals surface area (Å²) in [6.45, 7) is 0.112. The molecule has 0 aliphatic heterocycles. The third-order valence-electron chi connectivity index (χ3n) is 5.35. The van der Waals surface area contributed by atoms with E-state index >= 15 is 0 Å². The number of methoxy groups -OCH3 is 4. The van der Waals surface area contributed by atoms with Crippen LogP contribution in [0.25, 0.3) is 0 Å². The van der Waals surface area contributed by atoms with Crippen LogP contribution in [0.3, 0.4) is 0 Å². The Kier molecular flexibility index (Phi) is 11.7. The second kappa shape index (κ2) is 15.0. The number of nitrogens with one attached hydrogen (secondary N) is 3. The maximum absolute atomic E-state index is 12.7. The molecule has 0 fully saturated rings. The highest BCUT2D eigenvalue weighted by Crippen LogP contribution is 2.38. The largest absolute Gasteiger partial charge is 0.493 e. The van der Waals surface area contributed by atoms with E-state index in [1.54, 1.807) is 0 Å². The number of rotatable bonds is 14. The molecule has 0 unspecified atom stereocenters. The molecule has 11 heteroatoms. The molecule has 11 nitrogen and oxygen atoms in total. The summed E-state index contributed by atoms with van der Waals surface area (Å²) in [5.74, 6) is -0.731. The zero-order valence-electron chi connectivity index (χ0n) is 21.4. The van der Waals surface area contributed by atoms with Crippen molar-refractivity contribution in [1.29, 1.82) is 0 Å². The number of ether oxygens (including phenoxy) is 4. The molecular weight excluding hydrogens is 482 g/mol. The number of amides is 3. The summed E-state index contributed by atoms with van der Waals surface area (Å²) >= 11 is 0. The summed E-state index contributed by atoms with van der Waals surface area (Å²) in [6, 6.07) is 11.4. The van der Waals surface area contributed by atoms with E-state index in [1.807, 2.05) is 30.3 Å². The fourth-order valence-corrected chi connectivity index (χ4v) is 3.44. The summed E-state index contributed by atoms with van der Waals surface area (Å²) in [4.78, 5) is 49.3. The summed E-state index contributed by atoms with van der Waals surface area (Å²) < 4.78 is 20.4. The lowest BCUT2D eigenvalue weighted by Gasteiger charge is -2.19. The van der Waals surface area contributed by atoms with Gasteiger partial charge in [0.15, 0.2) is 11.5 Å². The van der Waals surface area contributed by atoms with Crippen molar-refractivity contribution in [2.24, 2.45) is 0 Å². The topological polar surface area (TPSA) is 141 Å². The molecule has 0 spiro atoms. The zero-order chi connectivity index (χ0) is 27.2.